The Morgan fingerprint density at radius 2 is 1.77 bits per heavy atom. The molecule has 1 heterocycles. The van der Waals surface area contributed by atoms with Crippen LogP contribution < -0.4 is 14.4 Å². The first-order chi connectivity index (χ1) is 12.6. The first-order valence-electron chi connectivity index (χ1n) is 8.16. The molecule has 0 saturated carbocycles. The van der Waals surface area contributed by atoms with Crippen LogP contribution in [-0.2, 0) is 11.2 Å². The van der Waals surface area contributed by atoms with Gasteiger partial charge in [0.05, 0.1) is 24.8 Å². The summed E-state index contributed by atoms with van der Waals surface area (Å²) in [5.74, 6) is 1.15. The summed E-state index contributed by atoms with van der Waals surface area (Å²) in [7, 11) is 3.17. The van der Waals surface area contributed by atoms with Gasteiger partial charge < -0.3 is 9.47 Å². The zero-order chi connectivity index (χ0) is 18.7. The number of nitrogens with zero attached hydrogens (tertiary/aromatic N) is 1. The second-order valence-corrected chi connectivity index (χ2v) is 7.33. The number of rotatable bonds is 5. The van der Waals surface area contributed by atoms with E-state index in [9.17, 15) is 4.79 Å². The van der Waals surface area contributed by atoms with Crippen molar-refractivity contribution in [1.29, 1.82) is 0 Å². The van der Waals surface area contributed by atoms with Crippen LogP contribution >= 0.6 is 24.0 Å². The molecule has 134 valence electrons. The van der Waals surface area contributed by atoms with E-state index in [1.807, 2.05) is 48.5 Å². The van der Waals surface area contributed by atoms with E-state index < -0.39 is 0 Å². The maximum atomic E-state index is 12.8. The molecule has 26 heavy (non-hydrogen) atoms. The maximum Gasteiger partial charge on any atom is 0.270 e. The fraction of sp³-hybridized carbons (Fsp3) is 0.200. The molecular weight excluding hydrogens is 366 g/mol. The van der Waals surface area contributed by atoms with E-state index in [0.717, 1.165) is 17.7 Å². The quantitative estimate of drug-likeness (QED) is 0.552. The van der Waals surface area contributed by atoms with Gasteiger partial charge in [0.1, 0.15) is 0 Å². The SMILES string of the molecule is CCc1ccc(N2C(=O)/C(=C/c3ccc(OC)c(OC)c3)SC2=S)cc1. The second-order valence-electron chi connectivity index (χ2n) is 5.65. The molecule has 2 aromatic rings. The average molecular weight is 386 g/mol. The number of methoxy groups -OCH3 is 2. The molecule has 0 N–H and O–H groups in total. The molecule has 1 amide bonds. The summed E-state index contributed by atoms with van der Waals surface area (Å²) in [6.45, 7) is 2.10. The predicted molar refractivity (Wildman–Crippen MR) is 111 cm³/mol. The lowest BCUT2D eigenvalue weighted by atomic mass is 10.1. The zero-order valence-electron chi connectivity index (χ0n) is 14.8. The Kier molecular flexibility index (Phi) is 5.64. The average Bonchev–Trinajstić information content (AvgIpc) is 2.95. The molecular formula is C20H19NO3S2. The second kappa shape index (κ2) is 7.93. The highest BCUT2D eigenvalue weighted by atomic mass is 32.2. The summed E-state index contributed by atoms with van der Waals surface area (Å²) in [5, 5.41) is 0. The molecule has 0 aliphatic carbocycles. The van der Waals surface area contributed by atoms with Gasteiger partial charge in [0.25, 0.3) is 5.91 Å². The Morgan fingerprint density at radius 1 is 1.08 bits per heavy atom. The third-order valence-corrected chi connectivity index (χ3v) is 5.40. The molecule has 1 saturated heterocycles. The minimum absolute atomic E-state index is 0.112. The first-order valence-corrected chi connectivity index (χ1v) is 9.38. The molecule has 0 spiro atoms. The highest BCUT2D eigenvalue weighted by Crippen LogP contribution is 2.37. The molecule has 0 unspecified atom stereocenters. The van der Waals surface area contributed by atoms with Crippen LogP contribution in [0.2, 0.25) is 0 Å². The normalized spacial score (nSPS) is 15.7. The number of benzene rings is 2. The fourth-order valence-electron chi connectivity index (χ4n) is 2.67. The molecule has 1 aliphatic rings. The third kappa shape index (κ3) is 3.61. The van der Waals surface area contributed by atoms with Crippen LogP contribution in [0.1, 0.15) is 18.1 Å². The van der Waals surface area contributed by atoms with Crippen molar-refractivity contribution in [2.45, 2.75) is 13.3 Å². The van der Waals surface area contributed by atoms with E-state index in [4.69, 9.17) is 21.7 Å². The van der Waals surface area contributed by atoms with Crippen molar-refractivity contribution in [2.24, 2.45) is 0 Å². The first kappa shape index (κ1) is 18.5. The monoisotopic (exact) mass is 385 g/mol. The number of amides is 1. The number of thiocarbonyl (C=S) groups is 1. The minimum atomic E-state index is -0.112. The van der Waals surface area contributed by atoms with Crippen molar-refractivity contribution in [3.63, 3.8) is 0 Å². The fourth-order valence-corrected chi connectivity index (χ4v) is 3.96. The summed E-state index contributed by atoms with van der Waals surface area (Å²) in [4.78, 5) is 15.0. The number of carbonyl (C=O) groups excluding carboxylic acids is 1. The lowest BCUT2D eigenvalue weighted by molar-refractivity contribution is -0.113. The minimum Gasteiger partial charge on any atom is -0.493 e. The molecule has 1 aliphatic heterocycles. The number of anilines is 1. The molecule has 0 bridgehead atoms. The van der Waals surface area contributed by atoms with Gasteiger partial charge in [-0.2, -0.15) is 0 Å². The van der Waals surface area contributed by atoms with Gasteiger partial charge in [-0.1, -0.05) is 49.1 Å². The van der Waals surface area contributed by atoms with E-state index in [-0.39, 0.29) is 5.91 Å². The summed E-state index contributed by atoms with van der Waals surface area (Å²) < 4.78 is 11.1. The van der Waals surface area contributed by atoms with Gasteiger partial charge in [-0.15, -0.1) is 0 Å². The molecule has 4 nitrogen and oxygen atoms in total. The van der Waals surface area contributed by atoms with Crippen LogP contribution in [0.5, 0.6) is 11.5 Å². The zero-order valence-corrected chi connectivity index (χ0v) is 16.4. The van der Waals surface area contributed by atoms with E-state index in [1.165, 1.54) is 17.3 Å². The van der Waals surface area contributed by atoms with Crippen molar-refractivity contribution < 1.29 is 14.3 Å². The predicted octanol–water partition coefficient (Wildman–Crippen LogP) is 4.67. The maximum absolute atomic E-state index is 12.8. The van der Waals surface area contributed by atoms with Crippen molar-refractivity contribution in [3.05, 3.63) is 58.5 Å². The number of thioether (sulfide) groups is 1. The highest BCUT2D eigenvalue weighted by Gasteiger charge is 2.33. The molecule has 6 heteroatoms. The smallest absolute Gasteiger partial charge is 0.270 e. The van der Waals surface area contributed by atoms with Gasteiger partial charge in [-0.3, -0.25) is 9.69 Å². The van der Waals surface area contributed by atoms with Crippen molar-refractivity contribution in [1.82, 2.24) is 0 Å². The Morgan fingerprint density at radius 3 is 2.38 bits per heavy atom. The van der Waals surface area contributed by atoms with Crippen molar-refractivity contribution in [3.8, 4) is 11.5 Å². The van der Waals surface area contributed by atoms with Gasteiger partial charge in [-0.25, -0.2) is 0 Å². The number of ether oxygens (including phenoxy) is 2. The Hall–Kier alpha value is -2.31. The van der Waals surface area contributed by atoms with E-state index >= 15 is 0 Å². The van der Waals surface area contributed by atoms with Crippen molar-refractivity contribution in [2.75, 3.05) is 19.1 Å². The summed E-state index contributed by atoms with van der Waals surface area (Å²) in [6.07, 6.45) is 2.78. The van der Waals surface area contributed by atoms with E-state index in [0.29, 0.717) is 20.7 Å². The summed E-state index contributed by atoms with van der Waals surface area (Å²) in [5.41, 5.74) is 2.87. The van der Waals surface area contributed by atoms with E-state index in [2.05, 4.69) is 6.92 Å². The molecule has 0 atom stereocenters. The summed E-state index contributed by atoms with van der Waals surface area (Å²) in [6, 6.07) is 13.4. The van der Waals surface area contributed by atoms with E-state index in [1.54, 1.807) is 19.1 Å². The van der Waals surface area contributed by atoms with Crippen LogP contribution in [0.3, 0.4) is 0 Å². The summed E-state index contributed by atoms with van der Waals surface area (Å²) >= 11 is 6.73. The number of aryl methyl sites for hydroxylation is 1. The lowest BCUT2D eigenvalue weighted by Crippen LogP contribution is -2.27. The number of carbonyl (C=O) groups is 1. The Bertz CT molecular complexity index is 875. The van der Waals surface area contributed by atoms with Crippen LogP contribution in [0.25, 0.3) is 6.08 Å². The third-order valence-electron chi connectivity index (χ3n) is 4.10. The van der Waals surface area contributed by atoms with Crippen LogP contribution in [0.15, 0.2) is 47.4 Å². The highest BCUT2D eigenvalue weighted by molar-refractivity contribution is 8.27. The molecule has 2 aromatic carbocycles. The van der Waals surface area contributed by atoms with Crippen LogP contribution in [-0.4, -0.2) is 24.4 Å². The van der Waals surface area contributed by atoms with Crippen LogP contribution in [0, 0.1) is 0 Å². The Balaban J connectivity index is 1.89. The number of hydrogen-bond acceptors (Lipinski definition) is 5. The standard InChI is InChI=1S/C20H19NO3S2/c1-4-13-5-8-15(9-6-13)21-19(22)18(26-20(21)25)12-14-7-10-16(23-2)17(11-14)24-3/h5-12H,4H2,1-3H3/b18-12-. The molecule has 0 aromatic heterocycles. The van der Waals surface area contributed by atoms with Crippen LogP contribution in [0.4, 0.5) is 5.69 Å². The molecule has 1 fully saturated rings. The van der Waals surface area contributed by atoms with Gasteiger partial charge in [0.15, 0.2) is 15.8 Å². The van der Waals surface area contributed by atoms with Gasteiger partial charge in [0, 0.05) is 0 Å². The van der Waals surface area contributed by atoms with Crippen molar-refractivity contribution >= 4 is 46.0 Å². The van der Waals surface area contributed by atoms with Gasteiger partial charge >= 0.3 is 0 Å². The topological polar surface area (TPSA) is 38.8 Å². The lowest BCUT2D eigenvalue weighted by Gasteiger charge is -2.14. The van der Waals surface area contributed by atoms with Gasteiger partial charge in [0.2, 0.25) is 0 Å². The Labute approximate surface area is 162 Å². The molecule has 0 radical (unpaired) electrons. The largest absolute Gasteiger partial charge is 0.493 e. The number of hydrogen-bond donors (Lipinski definition) is 0. The molecule has 3 rings (SSSR count). The van der Waals surface area contributed by atoms with Gasteiger partial charge in [-0.05, 0) is 47.9 Å².